The second-order valence-electron chi connectivity index (χ2n) is 31.6. The average Bonchev–Trinajstić information content (AvgIpc) is 1.51. The summed E-state index contributed by atoms with van der Waals surface area (Å²) in [7, 11) is 0. The van der Waals surface area contributed by atoms with Crippen molar-refractivity contribution in [3.63, 3.8) is 0 Å². The number of benzene rings is 15. The lowest BCUT2D eigenvalue weighted by molar-refractivity contribution is 0.660. The fraction of sp³-hybridized carbons (Fsp3) is 0.0874. The third kappa shape index (κ3) is 8.93. The van der Waals surface area contributed by atoms with Gasteiger partial charge in [-0.3, -0.25) is 0 Å². The van der Waals surface area contributed by atoms with Crippen LogP contribution in [0.3, 0.4) is 0 Å². The Hall–Kier alpha value is -13.2. The SMILES string of the molecule is CC1(C)c2ccccc2-c2c1ccc1c3ccccc3n(-c3cccc(-c4cccc(-c5cc(-c6cccc(-c7cccc(-n8c9ccccc9c9ccc%10c(c98)-c8ccccc8C%10(C)C)c7)c6)nc(-c6cccc(-c7cccc(-n8c9ccccc9c9ccc%10c(c98)-c8ccccc8C%10(C)C)c7)c6)n5)c4)c3)c21. The fourth-order valence-electron chi connectivity index (χ4n) is 19.4. The van der Waals surface area contributed by atoms with Gasteiger partial charge in [-0.25, -0.2) is 9.97 Å². The van der Waals surface area contributed by atoms with Crippen LogP contribution in [0.2, 0.25) is 0 Å². The first-order valence-electron chi connectivity index (χ1n) is 37.9. The van der Waals surface area contributed by atoms with Gasteiger partial charge in [0.05, 0.1) is 44.5 Å². The molecule has 3 aliphatic rings. The Kier molecular flexibility index (Phi) is 13.2. The van der Waals surface area contributed by atoms with Crippen molar-refractivity contribution in [3.8, 4) is 118 Å². The lowest BCUT2D eigenvalue weighted by Gasteiger charge is -2.21. The van der Waals surface area contributed by atoms with E-state index >= 15 is 0 Å². The van der Waals surface area contributed by atoms with Crippen LogP contribution < -0.4 is 0 Å². The minimum Gasteiger partial charge on any atom is -0.309 e. The molecule has 19 aromatic rings. The van der Waals surface area contributed by atoms with E-state index in [0.717, 1.165) is 78.5 Å². The Balaban J connectivity index is 0.688. The van der Waals surface area contributed by atoms with E-state index in [1.807, 2.05) is 0 Å². The van der Waals surface area contributed by atoms with E-state index < -0.39 is 0 Å². The molecule has 4 aromatic heterocycles. The number of fused-ring (bicyclic) bond motifs is 21. The topological polar surface area (TPSA) is 40.6 Å². The van der Waals surface area contributed by atoms with Crippen LogP contribution in [0.15, 0.2) is 334 Å². The summed E-state index contributed by atoms with van der Waals surface area (Å²) in [5.74, 6) is 0.645. The summed E-state index contributed by atoms with van der Waals surface area (Å²) in [5.41, 5.74) is 37.5. The van der Waals surface area contributed by atoms with Gasteiger partial charge in [0.25, 0.3) is 0 Å². The van der Waals surface area contributed by atoms with E-state index in [9.17, 15) is 0 Å². The quantitative estimate of drug-likeness (QED) is 0.144. The molecule has 0 spiro atoms. The van der Waals surface area contributed by atoms with Crippen LogP contribution in [-0.4, -0.2) is 23.7 Å². The van der Waals surface area contributed by atoms with Gasteiger partial charge in [-0.1, -0.05) is 296 Å². The maximum Gasteiger partial charge on any atom is 0.160 e. The molecule has 0 bridgehead atoms. The Labute approximate surface area is 627 Å². The van der Waals surface area contributed by atoms with Crippen LogP contribution >= 0.6 is 0 Å². The van der Waals surface area contributed by atoms with Crippen LogP contribution in [0.4, 0.5) is 0 Å². The third-order valence-electron chi connectivity index (χ3n) is 24.6. The molecule has 0 amide bonds. The smallest absolute Gasteiger partial charge is 0.160 e. The van der Waals surface area contributed by atoms with E-state index in [2.05, 4.69) is 389 Å². The lowest BCUT2D eigenvalue weighted by atomic mass is 9.82. The molecular formula is C103H73N5. The Bertz CT molecular complexity index is 6420. The summed E-state index contributed by atoms with van der Waals surface area (Å²) < 4.78 is 7.53. The van der Waals surface area contributed by atoms with Crippen molar-refractivity contribution >= 4 is 65.4 Å². The van der Waals surface area contributed by atoms with Gasteiger partial charge in [0.1, 0.15) is 0 Å². The highest BCUT2D eigenvalue weighted by atomic mass is 15.0. The Morgan fingerprint density at radius 3 is 0.843 bits per heavy atom. The average molecular weight is 1380 g/mol. The first kappa shape index (κ1) is 62.2. The van der Waals surface area contributed by atoms with Crippen molar-refractivity contribution in [2.45, 2.75) is 57.8 Å². The molecule has 5 heteroatoms. The van der Waals surface area contributed by atoms with Gasteiger partial charge in [-0.15, -0.1) is 0 Å². The monoisotopic (exact) mass is 1380 g/mol. The molecule has 4 heterocycles. The second-order valence-corrected chi connectivity index (χ2v) is 31.6. The highest BCUT2D eigenvalue weighted by Crippen LogP contribution is 2.57. The zero-order valence-corrected chi connectivity index (χ0v) is 61.0. The van der Waals surface area contributed by atoms with E-state index in [4.69, 9.17) is 9.97 Å². The number of hydrogen-bond donors (Lipinski definition) is 0. The van der Waals surface area contributed by atoms with Gasteiger partial charge in [-0.05, 0) is 162 Å². The number of rotatable bonds is 9. The van der Waals surface area contributed by atoms with Crippen LogP contribution in [-0.2, 0) is 16.2 Å². The molecular weight excluding hydrogens is 1310 g/mol. The lowest BCUT2D eigenvalue weighted by Crippen LogP contribution is -2.14. The molecule has 0 atom stereocenters. The Morgan fingerprint density at radius 1 is 0.213 bits per heavy atom. The standard InChI is InChI=1S/C103H73N5/c1-101(2)83-43-13-7-40-80(83)94-86(101)52-49-77-74-37-10-16-46-91(74)106(97(77)94)71-34-22-28-65(58-71)62-25-19-31-68(55-62)89-61-90(69-32-20-26-63(56-69)66-29-23-35-72(59-66)107-92-47-17-11-38-75(92)78-50-53-87-95(98(78)107)81-41-8-14-44-84(81)102(87,3)4)105-100(104-89)70-33-21-27-64(57-70)67-30-24-36-73(60-67)108-93-48-18-12-39-76(93)79-51-54-88-96(99(79)108)82-42-9-15-45-85(82)103(88,5)6/h7-61H,1-6H3. The van der Waals surface area contributed by atoms with Gasteiger partial charge >= 0.3 is 0 Å². The largest absolute Gasteiger partial charge is 0.309 e. The van der Waals surface area contributed by atoms with Crippen LogP contribution in [0, 0.1) is 0 Å². The summed E-state index contributed by atoms with van der Waals surface area (Å²) in [6.07, 6.45) is 0. The van der Waals surface area contributed by atoms with Crippen molar-refractivity contribution in [2.24, 2.45) is 0 Å². The van der Waals surface area contributed by atoms with Gasteiger partial charge in [0.2, 0.25) is 0 Å². The number of aromatic nitrogens is 5. The maximum absolute atomic E-state index is 5.64. The summed E-state index contributed by atoms with van der Waals surface area (Å²) in [6.45, 7) is 14.2. The Morgan fingerprint density at radius 2 is 0.491 bits per heavy atom. The molecule has 510 valence electrons. The first-order valence-corrected chi connectivity index (χ1v) is 37.9. The van der Waals surface area contributed by atoms with E-state index in [-0.39, 0.29) is 16.2 Å². The van der Waals surface area contributed by atoms with Crippen molar-refractivity contribution < 1.29 is 0 Å². The first-order chi connectivity index (χ1) is 52.8. The third-order valence-corrected chi connectivity index (χ3v) is 24.6. The molecule has 15 aromatic carbocycles. The van der Waals surface area contributed by atoms with Gasteiger partial charge < -0.3 is 13.7 Å². The molecule has 5 nitrogen and oxygen atoms in total. The molecule has 22 rings (SSSR count). The van der Waals surface area contributed by atoms with Crippen molar-refractivity contribution in [2.75, 3.05) is 0 Å². The highest BCUT2D eigenvalue weighted by Gasteiger charge is 2.41. The van der Waals surface area contributed by atoms with E-state index in [1.54, 1.807) is 0 Å². The maximum atomic E-state index is 5.64. The van der Waals surface area contributed by atoms with Gasteiger partial charge in [0, 0.05) is 99.0 Å². The summed E-state index contributed by atoms with van der Waals surface area (Å²) in [5, 5.41) is 7.50. The zero-order chi connectivity index (χ0) is 72.1. The minimum absolute atomic E-state index is 0.140. The van der Waals surface area contributed by atoms with Crippen molar-refractivity contribution in [3.05, 3.63) is 367 Å². The van der Waals surface area contributed by atoms with Gasteiger partial charge in [-0.2, -0.15) is 0 Å². The van der Waals surface area contributed by atoms with Crippen molar-refractivity contribution in [1.82, 2.24) is 23.7 Å². The molecule has 0 radical (unpaired) electrons. The second kappa shape index (κ2) is 22.9. The zero-order valence-electron chi connectivity index (χ0n) is 61.0. The molecule has 0 saturated heterocycles. The predicted molar refractivity (Wildman–Crippen MR) is 450 cm³/mol. The predicted octanol–water partition coefficient (Wildman–Crippen LogP) is 26.7. The van der Waals surface area contributed by atoms with E-state index in [0.29, 0.717) is 5.82 Å². The number of para-hydroxylation sites is 3. The molecule has 0 fully saturated rings. The fourth-order valence-corrected chi connectivity index (χ4v) is 19.4. The van der Waals surface area contributed by atoms with Crippen molar-refractivity contribution in [1.29, 1.82) is 0 Å². The highest BCUT2D eigenvalue weighted by molar-refractivity contribution is 6.18. The number of nitrogens with zero attached hydrogens (tertiary/aromatic N) is 5. The van der Waals surface area contributed by atoms with Crippen LogP contribution in [0.5, 0.6) is 0 Å². The number of hydrogen-bond acceptors (Lipinski definition) is 2. The summed E-state index contributed by atoms with van der Waals surface area (Å²) in [4.78, 5) is 11.3. The van der Waals surface area contributed by atoms with Gasteiger partial charge in [0.15, 0.2) is 5.82 Å². The van der Waals surface area contributed by atoms with E-state index in [1.165, 1.54) is 132 Å². The summed E-state index contributed by atoms with van der Waals surface area (Å²) in [6, 6.07) is 124. The minimum atomic E-state index is -0.142. The summed E-state index contributed by atoms with van der Waals surface area (Å²) >= 11 is 0. The molecule has 0 unspecified atom stereocenters. The molecule has 0 aliphatic heterocycles. The van der Waals surface area contributed by atoms with Crippen LogP contribution in [0.25, 0.3) is 183 Å². The molecule has 0 N–H and O–H groups in total. The normalized spacial score (nSPS) is 14.1. The molecule has 3 aliphatic carbocycles. The molecule has 108 heavy (non-hydrogen) atoms. The molecule has 0 saturated carbocycles. The van der Waals surface area contributed by atoms with Crippen LogP contribution in [0.1, 0.15) is 74.9 Å².